The number of hydrogen-bond donors (Lipinski definition) is 0. The molecule has 0 unspecified atom stereocenters. The van der Waals surface area contributed by atoms with Gasteiger partial charge in [-0.25, -0.2) is 8.42 Å². The van der Waals surface area contributed by atoms with Crippen LogP contribution in [0.2, 0.25) is 5.02 Å². The van der Waals surface area contributed by atoms with Crippen LogP contribution in [0.5, 0.6) is 5.75 Å². The molecule has 0 atom stereocenters. The molecule has 4 rings (SSSR count). The molecule has 0 spiro atoms. The second-order valence-corrected chi connectivity index (χ2v) is 11.1. The van der Waals surface area contributed by atoms with Crippen molar-refractivity contribution in [1.29, 1.82) is 0 Å². The number of halogens is 1. The van der Waals surface area contributed by atoms with Crippen molar-refractivity contribution in [2.45, 2.75) is 24.3 Å². The van der Waals surface area contributed by atoms with Crippen molar-refractivity contribution < 1.29 is 17.9 Å². The van der Waals surface area contributed by atoms with Gasteiger partial charge in [-0.1, -0.05) is 29.0 Å². The summed E-state index contributed by atoms with van der Waals surface area (Å²) in [5.74, 6) is 0.190. The van der Waals surface area contributed by atoms with Crippen LogP contribution in [0, 0.1) is 5.92 Å². The Labute approximate surface area is 201 Å². The van der Waals surface area contributed by atoms with E-state index in [0.717, 1.165) is 16.0 Å². The van der Waals surface area contributed by atoms with Gasteiger partial charge in [-0.2, -0.15) is 9.30 Å². The van der Waals surface area contributed by atoms with Gasteiger partial charge in [-0.05, 0) is 55.3 Å². The van der Waals surface area contributed by atoms with Crippen molar-refractivity contribution in [2.75, 3.05) is 20.2 Å². The lowest BCUT2D eigenvalue weighted by atomic mass is 9.98. The standard InChI is InChI=1S/C23H24ClN3O4S2/c1-3-12-27-20-9-6-18(31-2)15-21(20)32-23(27)25-22(28)16-10-13-26(14-11-16)33(29,30)19-7-4-17(24)5-8-19/h3-9,15-16H,1,10-14H2,2H3. The van der Waals surface area contributed by atoms with Gasteiger partial charge in [0, 0.05) is 30.6 Å². The predicted octanol–water partition coefficient (Wildman–Crippen LogP) is 4.08. The fourth-order valence-corrected chi connectivity index (χ4v) is 6.52. The molecule has 1 saturated heterocycles. The average Bonchev–Trinajstić information content (AvgIpc) is 3.15. The van der Waals surface area contributed by atoms with Crippen molar-refractivity contribution in [3.8, 4) is 5.75 Å². The number of aromatic nitrogens is 1. The minimum absolute atomic E-state index is 0.201. The van der Waals surface area contributed by atoms with Crippen LogP contribution in [0.15, 0.2) is 65.0 Å². The predicted molar refractivity (Wildman–Crippen MR) is 130 cm³/mol. The van der Waals surface area contributed by atoms with Gasteiger partial charge in [-0.15, -0.1) is 6.58 Å². The number of sulfonamides is 1. The molecular formula is C23H24ClN3O4S2. The van der Waals surface area contributed by atoms with Crippen LogP contribution < -0.4 is 9.54 Å². The number of amides is 1. The average molecular weight is 506 g/mol. The molecule has 0 saturated carbocycles. The van der Waals surface area contributed by atoms with E-state index in [4.69, 9.17) is 16.3 Å². The number of carbonyl (C=O) groups excluding carboxylic acids is 1. The van der Waals surface area contributed by atoms with Crippen LogP contribution >= 0.6 is 22.9 Å². The highest BCUT2D eigenvalue weighted by Gasteiger charge is 2.32. The van der Waals surface area contributed by atoms with Crippen molar-refractivity contribution in [3.63, 3.8) is 0 Å². The van der Waals surface area contributed by atoms with Crippen LogP contribution in [0.4, 0.5) is 0 Å². The Hall–Kier alpha value is -2.46. The van der Waals surface area contributed by atoms with Crippen molar-refractivity contribution in [1.82, 2.24) is 8.87 Å². The van der Waals surface area contributed by atoms with Gasteiger partial charge >= 0.3 is 0 Å². The van der Waals surface area contributed by atoms with E-state index in [1.54, 1.807) is 25.3 Å². The summed E-state index contributed by atoms with van der Waals surface area (Å²) in [5, 5.41) is 0.480. The number of nitrogens with zero attached hydrogens (tertiary/aromatic N) is 3. The van der Waals surface area contributed by atoms with Crippen LogP contribution in [0.3, 0.4) is 0 Å². The summed E-state index contributed by atoms with van der Waals surface area (Å²) in [6, 6.07) is 11.8. The third-order valence-corrected chi connectivity index (χ3v) is 8.87. The number of fused-ring (bicyclic) bond motifs is 1. The van der Waals surface area contributed by atoms with Gasteiger partial charge in [0.15, 0.2) is 4.80 Å². The molecule has 33 heavy (non-hydrogen) atoms. The van der Waals surface area contributed by atoms with E-state index < -0.39 is 10.0 Å². The minimum atomic E-state index is -3.62. The van der Waals surface area contributed by atoms with E-state index in [0.29, 0.717) is 29.2 Å². The number of methoxy groups -OCH3 is 1. The van der Waals surface area contributed by atoms with Gasteiger partial charge in [0.25, 0.3) is 5.91 Å². The fraction of sp³-hybridized carbons (Fsp3) is 0.304. The second kappa shape index (κ2) is 9.80. The summed E-state index contributed by atoms with van der Waals surface area (Å²) < 4.78 is 35.4. The molecule has 1 amide bonds. The first-order chi connectivity index (χ1) is 15.8. The van der Waals surface area contributed by atoms with Crippen LogP contribution in [0.25, 0.3) is 10.2 Å². The summed E-state index contributed by atoms with van der Waals surface area (Å²) >= 11 is 7.29. The molecule has 1 fully saturated rings. The maximum absolute atomic E-state index is 13.0. The SMILES string of the molecule is C=CCn1c(=NC(=O)C2CCN(S(=O)(=O)c3ccc(Cl)cc3)CC2)sc2cc(OC)ccc21. The first kappa shape index (κ1) is 23.7. The molecule has 174 valence electrons. The van der Waals surface area contributed by atoms with E-state index >= 15 is 0 Å². The molecule has 0 aliphatic carbocycles. The van der Waals surface area contributed by atoms with E-state index in [1.165, 1.54) is 27.8 Å². The van der Waals surface area contributed by atoms with E-state index in [9.17, 15) is 13.2 Å². The molecule has 2 heterocycles. The Morgan fingerprint density at radius 2 is 1.94 bits per heavy atom. The van der Waals surface area contributed by atoms with Gasteiger partial charge < -0.3 is 9.30 Å². The summed E-state index contributed by atoms with van der Waals surface area (Å²) in [5.41, 5.74) is 0.955. The van der Waals surface area contributed by atoms with Crippen LogP contribution in [0.1, 0.15) is 12.8 Å². The molecule has 1 aromatic heterocycles. The number of piperidine rings is 1. The monoisotopic (exact) mass is 505 g/mol. The molecule has 2 aromatic carbocycles. The Balaban J connectivity index is 1.53. The molecule has 10 heteroatoms. The zero-order valence-electron chi connectivity index (χ0n) is 18.1. The summed E-state index contributed by atoms with van der Waals surface area (Å²) in [7, 11) is -2.01. The Morgan fingerprint density at radius 3 is 2.58 bits per heavy atom. The number of allylic oxidation sites excluding steroid dienone is 1. The number of ether oxygens (including phenoxy) is 1. The van der Waals surface area contributed by atoms with Gasteiger partial charge in [0.1, 0.15) is 5.75 Å². The maximum atomic E-state index is 13.0. The molecule has 0 bridgehead atoms. The number of rotatable bonds is 6. The van der Waals surface area contributed by atoms with Crippen molar-refractivity contribution >= 4 is 49.1 Å². The van der Waals surface area contributed by atoms with E-state index in [2.05, 4.69) is 11.6 Å². The lowest BCUT2D eigenvalue weighted by Gasteiger charge is -2.29. The molecule has 7 nitrogen and oxygen atoms in total. The molecule has 1 aliphatic rings. The Kier molecular flexibility index (Phi) is 7.04. The third-order valence-electron chi connectivity index (χ3n) is 5.66. The largest absolute Gasteiger partial charge is 0.497 e. The first-order valence-corrected chi connectivity index (χ1v) is 13.1. The van der Waals surface area contributed by atoms with Crippen LogP contribution in [-0.2, 0) is 21.4 Å². The first-order valence-electron chi connectivity index (χ1n) is 10.5. The van der Waals surface area contributed by atoms with Gasteiger partial charge in [0.05, 0.1) is 22.2 Å². The molecule has 1 aliphatic heterocycles. The summed E-state index contributed by atoms with van der Waals surface area (Å²) in [6.07, 6.45) is 2.62. The quantitative estimate of drug-likeness (QED) is 0.473. The lowest BCUT2D eigenvalue weighted by Crippen LogP contribution is -2.40. The topological polar surface area (TPSA) is 81.0 Å². The zero-order chi connectivity index (χ0) is 23.6. The van der Waals surface area contributed by atoms with E-state index in [1.807, 2.05) is 22.8 Å². The highest BCUT2D eigenvalue weighted by Crippen LogP contribution is 2.26. The van der Waals surface area contributed by atoms with Gasteiger partial charge in [0.2, 0.25) is 10.0 Å². The second-order valence-electron chi connectivity index (χ2n) is 7.70. The van der Waals surface area contributed by atoms with Crippen molar-refractivity contribution in [2.24, 2.45) is 10.9 Å². The highest BCUT2D eigenvalue weighted by atomic mass is 35.5. The summed E-state index contributed by atoms with van der Waals surface area (Å²) in [6.45, 7) is 4.88. The summed E-state index contributed by atoms with van der Waals surface area (Å²) in [4.78, 5) is 18.2. The molecule has 3 aromatic rings. The fourth-order valence-electron chi connectivity index (χ4n) is 3.86. The number of thiazole rings is 1. The Morgan fingerprint density at radius 1 is 1.24 bits per heavy atom. The maximum Gasteiger partial charge on any atom is 0.251 e. The zero-order valence-corrected chi connectivity index (χ0v) is 20.5. The molecular weight excluding hydrogens is 482 g/mol. The Bertz CT molecular complexity index is 1350. The smallest absolute Gasteiger partial charge is 0.251 e. The third kappa shape index (κ3) is 4.91. The van der Waals surface area contributed by atoms with E-state index in [-0.39, 0.29) is 29.8 Å². The van der Waals surface area contributed by atoms with Crippen molar-refractivity contribution in [3.05, 3.63) is 64.9 Å². The normalized spacial score (nSPS) is 16.2. The minimum Gasteiger partial charge on any atom is -0.497 e. The number of benzene rings is 2. The lowest BCUT2D eigenvalue weighted by molar-refractivity contribution is -0.122. The molecule has 0 radical (unpaired) electrons. The number of carbonyl (C=O) groups is 1. The number of hydrogen-bond acceptors (Lipinski definition) is 5. The van der Waals surface area contributed by atoms with Gasteiger partial charge in [-0.3, -0.25) is 4.79 Å². The highest BCUT2D eigenvalue weighted by molar-refractivity contribution is 7.89. The van der Waals surface area contributed by atoms with Crippen LogP contribution in [-0.4, -0.2) is 43.4 Å². The molecule has 0 N–H and O–H groups in total.